The zero-order valence-corrected chi connectivity index (χ0v) is 20.2. The lowest BCUT2D eigenvalue weighted by Gasteiger charge is -2.12. The van der Waals surface area contributed by atoms with Crippen LogP contribution in [0.4, 0.5) is 8.78 Å². The maximum absolute atomic E-state index is 14.7. The predicted octanol–water partition coefficient (Wildman–Crippen LogP) is 4.91. The molecule has 0 saturated heterocycles. The Morgan fingerprint density at radius 3 is 2.22 bits per heavy atom. The summed E-state index contributed by atoms with van der Waals surface area (Å²) in [5, 5.41) is 0. The van der Waals surface area contributed by atoms with E-state index >= 15 is 0 Å². The SMILES string of the molecule is NCc1ccc(S(=O)(=O)NC(=O)c2ccc(OCc3cccc(Oc4ccccc4)c3)c(F)c2F)cc1. The Labute approximate surface area is 212 Å². The molecule has 37 heavy (non-hydrogen) atoms. The molecule has 7 nitrogen and oxygen atoms in total. The van der Waals surface area contributed by atoms with Gasteiger partial charge in [0.2, 0.25) is 5.82 Å². The minimum Gasteiger partial charge on any atom is -0.486 e. The number of carbonyl (C=O) groups is 1. The highest BCUT2D eigenvalue weighted by Gasteiger charge is 2.24. The number of amides is 1. The van der Waals surface area contributed by atoms with Gasteiger partial charge in [-0.2, -0.15) is 4.39 Å². The lowest BCUT2D eigenvalue weighted by atomic mass is 10.2. The van der Waals surface area contributed by atoms with Gasteiger partial charge in [0.1, 0.15) is 18.1 Å². The minimum absolute atomic E-state index is 0.110. The van der Waals surface area contributed by atoms with Crippen molar-refractivity contribution in [1.82, 2.24) is 4.72 Å². The molecule has 0 atom stereocenters. The number of para-hydroxylation sites is 1. The molecular formula is C27H22F2N2O5S. The summed E-state index contributed by atoms with van der Waals surface area (Å²) >= 11 is 0. The summed E-state index contributed by atoms with van der Waals surface area (Å²) in [6, 6.07) is 23.5. The molecule has 0 spiro atoms. The smallest absolute Gasteiger partial charge is 0.268 e. The Morgan fingerprint density at radius 1 is 0.811 bits per heavy atom. The molecule has 190 valence electrons. The van der Waals surface area contributed by atoms with Gasteiger partial charge in [0.25, 0.3) is 15.9 Å². The first kappa shape index (κ1) is 25.8. The van der Waals surface area contributed by atoms with Gasteiger partial charge in [0.15, 0.2) is 11.6 Å². The van der Waals surface area contributed by atoms with Gasteiger partial charge in [0.05, 0.1) is 10.5 Å². The van der Waals surface area contributed by atoms with E-state index in [1.807, 2.05) is 18.2 Å². The van der Waals surface area contributed by atoms with Crippen LogP contribution in [0.1, 0.15) is 21.5 Å². The van der Waals surface area contributed by atoms with Crippen LogP contribution >= 0.6 is 0 Å². The quantitative estimate of drug-likeness (QED) is 0.322. The maximum Gasteiger partial charge on any atom is 0.268 e. The molecule has 0 aliphatic rings. The topological polar surface area (TPSA) is 108 Å². The zero-order valence-electron chi connectivity index (χ0n) is 19.4. The summed E-state index contributed by atoms with van der Waals surface area (Å²) in [5.74, 6) is -3.55. The molecule has 3 N–H and O–H groups in total. The van der Waals surface area contributed by atoms with Gasteiger partial charge in [-0.1, -0.05) is 42.5 Å². The predicted molar refractivity (Wildman–Crippen MR) is 133 cm³/mol. The van der Waals surface area contributed by atoms with Crippen molar-refractivity contribution in [3.05, 3.63) is 119 Å². The third-order valence-corrected chi connectivity index (χ3v) is 6.61. The molecule has 0 aromatic heterocycles. The van der Waals surface area contributed by atoms with E-state index in [2.05, 4.69) is 0 Å². The number of nitrogens with two attached hydrogens (primary N) is 1. The fourth-order valence-electron chi connectivity index (χ4n) is 3.34. The Kier molecular flexibility index (Phi) is 7.80. The second kappa shape index (κ2) is 11.2. The van der Waals surface area contributed by atoms with Crippen LogP contribution in [0.3, 0.4) is 0 Å². The van der Waals surface area contributed by atoms with Crippen LogP contribution in [-0.4, -0.2) is 14.3 Å². The first-order chi connectivity index (χ1) is 17.8. The van der Waals surface area contributed by atoms with Gasteiger partial charge in [-0.25, -0.2) is 17.5 Å². The fourth-order valence-corrected chi connectivity index (χ4v) is 4.31. The Hall–Kier alpha value is -4.28. The van der Waals surface area contributed by atoms with Crippen LogP contribution in [0.15, 0.2) is 95.9 Å². The summed E-state index contributed by atoms with van der Waals surface area (Å²) < 4.78 is 67.2. The molecule has 4 rings (SSSR count). The number of ether oxygens (including phenoxy) is 2. The van der Waals surface area contributed by atoms with E-state index in [-0.39, 0.29) is 18.0 Å². The number of carbonyl (C=O) groups excluding carboxylic acids is 1. The molecular weight excluding hydrogens is 502 g/mol. The number of nitrogens with one attached hydrogen (secondary N) is 1. The lowest BCUT2D eigenvalue weighted by molar-refractivity contribution is 0.0976. The highest BCUT2D eigenvalue weighted by Crippen LogP contribution is 2.26. The normalized spacial score (nSPS) is 11.1. The second-order valence-corrected chi connectivity index (χ2v) is 9.56. The van der Waals surface area contributed by atoms with Gasteiger partial charge < -0.3 is 15.2 Å². The third-order valence-electron chi connectivity index (χ3n) is 5.26. The van der Waals surface area contributed by atoms with E-state index in [1.165, 1.54) is 24.3 Å². The minimum atomic E-state index is -4.32. The van der Waals surface area contributed by atoms with Gasteiger partial charge in [-0.15, -0.1) is 0 Å². The summed E-state index contributed by atoms with van der Waals surface area (Å²) in [6.07, 6.45) is 0. The van der Waals surface area contributed by atoms with Crippen molar-refractivity contribution in [2.24, 2.45) is 5.73 Å². The van der Waals surface area contributed by atoms with Gasteiger partial charge in [-0.3, -0.25) is 4.79 Å². The molecule has 0 aliphatic carbocycles. The molecule has 0 fully saturated rings. The van der Waals surface area contributed by atoms with Crippen LogP contribution in [0.25, 0.3) is 0 Å². The molecule has 0 bridgehead atoms. The van der Waals surface area contributed by atoms with Crippen LogP contribution in [0.2, 0.25) is 0 Å². The Balaban J connectivity index is 1.44. The van der Waals surface area contributed by atoms with E-state index in [9.17, 15) is 22.0 Å². The number of rotatable bonds is 9. The largest absolute Gasteiger partial charge is 0.486 e. The number of hydrogen-bond donors (Lipinski definition) is 2. The fraction of sp³-hybridized carbons (Fsp3) is 0.0741. The molecule has 10 heteroatoms. The van der Waals surface area contributed by atoms with Crippen molar-refractivity contribution >= 4 is 15.9 Å². The summed E-state index contributed by atoms with van der Waals surface area (Å²) in [4.78, 5) is 12.2. The molecule has 0 saturated carbocycles. The van der Waals surface area contributed by atoms with E-state index in [1.54, 1.807) is 41.1 Å². The molecule has 4 aromatic carbocycles. The molecule has 0 unspecified atom stereocenters. The first-order valence-electron chi connectivity index (χ1n) is 11.1. The van der Waals surface area contributed by atoms with E-state index < -0.39 is 38.9 Å². The summed E-state index contributed by atoms with van der Waals surface area (Å²) in [5.41, 5.74) is 6.01. The number of sulfonamides is 1. The number of hydrogen-bond acceptors (Lipinski definition) is 6. The molecule has 0 radical (unpaired) electrons. The Bertz CT molecular complexity index is 1510. The van der Waals surface area contributed by atoms with Crippen LogP contribution in [0, 0.1) is 11.6 Å². The zero-order chi connectivity index (χ0) is 26.4. The van der Waals surface area contributed by atoms with E-state index in [0.717, 1.165) is 12.1 Å². The maximum atomic E-state index is 14.7. The molecule has 0 aliphatic heterocycles. The monoisotopic (exact) mass is 524 g/mol. The first-order valence-corrected chi connectivity index (χ1v) is 12.5. The molecule has 0 heterocycles. The standard InChI is InChI=1S/C27H22F2N2O5S/c28-25-23(27(32)31-37(33,34)22-11-9-18(16-30)10-12-22)13-14-24(26(25)29)35-17-19-5-4-8-21(15-19)36-20-6-2-1-3-7-20/h1-15H,16-17,30H2,(H,31,32). The highest BCUT2D eigenvalue weighted by molar-refractivity contribution is 7.90. The molecule has 1 amide bonds. The van der Waals surface area contributed by atoms with Crippen LogP contribution < -0.4 is 19.9 Å². The van der Waals surface area contributed by atoms with Gasteiger partial charge in [-0.05, 0) is 59.7 Å². The van der Waals surface area contributed by atoms with Crippen molar-refractivity contribution in [2.75, 3.05) is 0 Å². The number of benzene rings is 4. The van der Waals surface area contributed by atoms with Crippen LogP contribution in [0.5, 0.6) is 17.2 Å². The van der Waals surface area contributed by atoms with E-state index in [4.69, 9.17) is 15.2 Å². The van der Waals surface area contributed by atoms with Crippen molar-refractivity contribution in [1.29, 1.82) is 0 Å². The average Bonchev–Trinajstić information content (AvgIpc) is 2.90. The van der Waals surface area contributed by atoms with Gasteiger partial charge >= 0.3 is 0 Å². The van der Waals surface area contributed by atoms with Gasteiger partial charge in [0, 0.05) is 6.54 Å². The lowest BCUT2D eigenvalue weighted by Crippen LogP contribution is -2.31. The van der Waals surface area contributed by atoms with Crippen molar-refractivity contribution in [2.45, 2.75) is 18.0 Å². The summed E-state index contributed by atoms with van der Waals surface area (Å²) in [6.45, 7) is 0.0968. The summed E-state index contributed by atoms with van der Waals surface area (Å²) in [7, 11) is -4.32. The highest BCUT2D eigenvalue weighted by atomic mass is 32.2. The van der Waals surface area contributed by atoms with E-state index in [0.29, 0.717) is 22.6 Å². The third kappa shape index (κ3) is 6.29. The number of halogens is 2. The average molecular weight is 525 g/mol. The molecule has 4 aromatic rings. The van der Waals surface area contributed by atoms with Crippen molar-refractivity contribution < 1.29 is 31.5 Å². The van der Waals surface area contributed by atoms with Crippen molar-refractivity contribution in [3.63, 3.8) is 0 Å². The van der Waals surface area contributed by atoms with Crippen LogP contribution in [-0.2, 0) is 23.2 Å². The van der Waals surface area contributed by atoms with Crippen molar-refractivity contribution in [3.8, 4) is 17.2 Å². The second-order valence-electron chi connectivity index (χ2n) is 7.87. The Morgan fingerprint density at radius 2 is 1.51 bits per heavy atom.